The molecule has 1 aliphatic rings. The molecule has 0 bridgehead atoms. The van der Waals surface area contributed by atoms with Gasteiger partial charge in [-0.25, -0.2) is 13.4 Å². The number of nitrogens with one attached hydrogen (secondary N) is 1. The van der Waals surface area contributed by atoms with Crippen molar-refractivity contribution < 1.29 is 19.4 Å². The highest BCUT2D eigenvalue weighted by Gasteiger charge is 2.34. The number of aromatic nitrogens is 1. The van der Waals surface area contributed by atoms with Crippen LogP contribution >= 0.6 is 22.9 Å². The third kappa shape index (κ3) is 4.36. The lowest BCUT2D eigenvalue weighted by atomic mass is 10.3. The van der Waals surface area contributed by atoms with E-state index in [0.717, 1.165) is 0 Å². The summed E-state index contributed by atoms with van der Waals surface area (Å²) in [4.78, 5) is 18.3. The number of rotatable bonds is 6. The van der Waals surface area contributed by atoms with Crippen molar-refractivity contribution in [2.45, 2.75) is 17.4 Å². The van der Waals surface area contributed by atoms with Crippen LogP contribution in [0.4, 0.5) is 10.8 Å². The lowest BCUT2D eigenvalue weighted by Gasteiger charge is -2.18. The summed E-state index contributed by atoms with van der Waals surface area (Å²) in [5.41, 5.74) is 0.611. The lowest BCUT2D eigenvalue weighted by Crippen LogP contribution is -2.32. The van der Waals surface area contributed by atoms with Crippen molar-refractivity contribution in [3.63, 3.8) is 0 Å². The van der Waals surface area contributed by atoms with Crippen LogP contribution in [0.1, 0.15) is 7.85 Å². The van der Waals surface area contributed by atoms with Gasteiger partial charge in [0.15, 0.2) is 11.2 Å². The quantitative estimate of drug-likeness (QED) is 0.611. The minimum Gasteiger partial charge on any atom is -0.480 e. The standard InChI is InChI=1S/C19H16ClN3O4S2.H2/c20-13-2-1-3-15(12-13)27-17-8-10-23(18(17)24)14-4-6-16(7-5-14)29(25,26)22-19-21-9-11-28-19;/h1-7,9,11-12,17H,8,10H2,(H,21,22);1H. The predicted octanol–water partition coefficient (Wildman–Crippen LogP) is 4.03. The van der Waals surface area contributed by atoms with Gasteiger partial charge in [0.25, 0.3) is 15.9 Å². The molecule has 0 radical (unpaired) electrons. The smallest absolute Gasteiger partial charge is 0.268 e. The molecular formula is C19H18ClN3O4S2. The Morgan fingerprint density at radius 1 is 1.24 bits per heavy atom. The molecule has 1 aliphatic heterocycles. The normalized spacial score (nSPS) is 16.8. The van der Waals surface area contributed by atoms with Gasteiger partial charge in [-0.1, -0.05) is 17.7 Å². The van der Waals surface area contributed by atoms with Gasteiger partial charge >= 0.3 is 0 Å². The summed E-state index contributed by atoms with van der Waals surface area (Å²) < 4.78 is 33.0. The SMILES string of the molecule is O=C1C(Oc2cccc(Cl)c2)CCN1c1ccc(S(=O)(=O)Nc2nccs2)cc1.[HH]. The summed E-state index contributed by atoms with van der Waals surface area (Å²) in [6.45, 7) is 0.480. The highest BCUT2D eigenvalue weighted by Crippen LogP contribution is 2.27. The van der Waals surface area contributed by atoms with E-state index in [2.05, 4.69) is 9.71 Å². The van der Waals surface area contributed by atoms with E-state index in [9.17, 15) is 13.2 Å². The van der Waals surface area contributed by atoms with Gasteiger partial charge in [0.1, 0.15) is 5.75 Å². The number of benzene rings is 2. The van der Waals surface area contributed by atoms with Gasteiger partial charge in [-0.2, -0.15) is 0 Å². The molecule has 0 spiro atoms. The van der Waals surface area contributed by atoms with Gasteiger partial charge in [0, 0.05) is 36.7 Å². The molecule has 4 rings (SSSR count). The van der Waals surface area contributed by atoms with Crippen LogP contribution < -0.4 is 14.4 Å². The molecule has 3 aromatic rings. The van der Waals surface area contributed by atoms with E-state index in [1.165, 1.54) is 29.7 Å². The maximum absolute atomic E-state index is 12.7. The number of sulfonamides is 1. The zero-order chi connectivity index (χ0) is 20.4. The average Bonchev–Trinajstić information content (AvgIpc) is 3.32. The second-order valence-corrected chi connectivity index (χ2v) is 9.29. The van der Waals surface area contributed by atoms with Crippen molar-refractivity contribution in [1.82, 2.24) is 4.98 Å². The van der Waals surface area contributed by atoms with Crippen LogP contribution in [0.2, 0.25) is 5.02 Å². The summed E-state index contributed by atoms with van der Waals surface area (Å²) in [7, 11) is -3.74. The Hall–Kier alpha value is -2.62. The lowest BCUT2D eigenvalue weighted by molar-refractivity contribution is -0.122. The summed E-state index contributed by atoms with van der Waals surface area (Å²) in [6, 6.07) is 13.0. The number of hydrogen-bond donors (Lipinski definition) is 1. The summed E-state index contributed by atoms with van der Waals surface area (Å²) in [6.07, 6.45) is 1.44. The fourth-order valence-corrected chi connectivity index (χ4v) is 4.95. The van der Waals surface area contributed by atoms with Crippen molar-refractivity contribution in [1.29, 1.82) is 0 Å². The van der Waals surface area contributed by atoms with Gasteiger partial charge in [-0.05, 0) is 42.5 Å². The number of hydrogen-bond acceptors (Lipinski definition) is 6. The number of carbonyl (C=O) groups is 1. The molecule has 0 saturated carbocycles. The fourth-order valence-electron chi connectivity index (χ4n) is 2.98. The van der Waals surface area contributed by atoms with E-state index in [-0.39, 0.29) is 12.2 Å². The van der Waals surface area contributed by atoms with Crippen LogP contribution in [0.5, 0.6) is 5.75 Å². The average molecular weight is 452 g/mol. The van der Waals surface area contributed by atoms with Crippen molar-refractivity contribution >= 4 is 49.7 Å². The highest BCUT2D eigenvalue weighted by molar-refractivity contribution is 7.93. The molecule has 1 N–H and O–H groups in total. The van der Waals surface area contributed by atoms with Crippen molar-refractivity contribution in [3.05, 3.63) is 65.1 Å². The molecule has 7 nitrogen and oxygen atoms in total. The van der Waals surface area contributed by atoms with E-state index >= 15 is 0 Å². The van der Waals surface area contributed by atoms with Gasteiger partial charge in [0.2, 0.25) is 0 Å². The van der Waals surface area contributed by atoms with E-state index in [4.69, 9.17) is 16.3 Å². The molecule has 2 heterocycles. The van der Waals surface area contributed by atoms with Crippen LogP contribution in [0, 0.1) is 0 Å². The first-order valence-electron chi connectivity index (χ1n) is 8.68. The van der Waals surface area contributed by atoms with Crippen LogP contribution in [0.3, 0.4) is 0 Å². The Bertz CT molecular complexity index is 1120. The number of halogens is 1. The Balaban J connectivity index is 0.00000256. The molecule has 1 atom stereocenters. The maximum Gasteiger partial charge on any atom is 0.268 e. The second kappa shape index (κ2) is 8.02. The monoisotopic (exact) mass is 451 g/mol. The number of anilines is 2. The largest absolute Gasteiger partial charge is 0.480 e. The van der Waals surface area contributed by atoms with Gasteiger partial charge in [-0.15, -0.1) is 11.3 Å². The molecule has 29 heavy (non-hydrogen) atoms. The summed E-state index contributed by atoms with van der Waals surface area (Å²) in [5, 5.41) is 2.51. The minimum atomic E-state index is -3.74. The molecular weight excluding hydrogens is 434 g/mol. The van der Waals surface area contributed by atoms with Crippen LogP contribution in [0.15, 0.2) is 65.0 Å². The number of ether oxygens (including phenoxy) is 1. The first-order chi connectivity index (χ1) is 13.9. The topological polar surface area (TPSA) is 88.6 Å². The first-order valence-corrected chi connectivity index (χ1v) is 11.4. The third-order valence-corrected chi connectivity index (χ3v) is 6.75. The number of amides is 1. The van der Waals surface area contributed by atoms with E-state index < -0.39 is 16.1 Å². The molecule has 1 amide bonds. The second-order valence-electron chi connectivity index (χ2n) is 6.28. The highest BCUT2D eigenvalue weighted by atomic mass is 35.5. The molecule has 2 aromatic carbocycles. The Labute approximate surface area is 178 Å². The fraction of sp³-hybridized carbons (Fsp3) is 0.158. The van der Waals surface area contributed by atoms with Crippen LogP contribution in [-0.2, 0) is 14.8 Å². The molecule has 0 aliphatic carbocycles. The van der Waals surface area contributed by atoms with Gasteiger partial charge < -0.3 is 9.64 Å². The Morgan fingerprint density at radius 2 is 2.03 bits per heavy atom. The minimum absolute atomic E-state index is 0. The van der Waals surface area contributed by atoms with Crippen LogP contribution in [0.25, 0.3) is 0 Å². The van der Waals surface area contributed by atoms with Crippen molar-refractivity contribution in [3.8, 4) is 5.75 Å². The third-order valence-electron chi connectivity index (χ3n) is 4.34. The van der Waals surface area contributed by atoms with Crippen molar-refractivity contribution in [2.75, 3.05) is 16.2 Å². The van der Waals surface area contributed by atoms with Crippen LogP contribution in [-0.4, -0.2) is 32.0 Å². The van der Waals surface area contributed by atoms with Crippen molar-refractivity contribution in [2.24, 2.45) is 0 Å². The zero-order valence-electron chi connectivity index (χ0n) is 15.0. The maximum atomic E-state index is 12.7. The number of thiazole rings is 1. The van der Waals surface area contributed by atoms with Gasteiger partial charge in [-0.3, -0.25) is 9.52 Å². The van der Waals surface area contributed by atoms with E-state index in [1.807, 2.05) is 0 Å². The predicted molar refractivity (Wildman–Crippen MR) is 114 cm³/mol. The number of nitrogens with zero attached hydrogens (tertiary/aromatic N) is 2. The molecule has 1 fully saturated rings. The van der Waals surface area contributed by atoms with Gasteiger partial charge in [0.05, 0.1) is 4.90 Å². The summed E-state index contributed by atoms with van der Waals surface area (Å²) in [5.74, 6) is 0.355. The first kappa shape index (κ1) is 19.7. The molecule has 1 saturated heterocycles. The van der Waals surface area contributed by atoms with E-state index in [0.29, 0.717) is 34.6 Å². The molecule has 1 aromatic heterocycles. The Kier molecular flexibility index (Phi) is 5.44. The summed E-state index contributed by atoms with van der Waals surface area (Å²) >= 11 is 7.15. The van der Waals surface area contributed by atoms with E-state index in [1.54, 1.807) is 46.7 Å². The molecule has 10 heteroatoms. The number of carbonyl (C=O) groups excluding carboxylic acids is 1. The zero-order valence-corrected chi connectivity index (χ0v) is 17.4. The molecule has 152 valence electrons. The molecule has 1 unspecified atom stereocenters. The Morgan fingerprint density at radius 3 is 2.72 bits per heavy atom.